The van der Waals surface area contributed by atoms with Crippen molar-refractivity contribution in [1.29, 1.82) is 0 Å². The van der Waals surface area contributed by atoms with E-state index in [4.69, 9.17) is 20.8 Å². The van der Waals surface area contributed by atoms with Crippen LogP contribution in [-0.4, -0.2) is 37.0 Å². The Balaban J connectivity index is 1.96. The molecule has 18 heavy (non-hydrogen) atoms. The van der Waals surface area contributed by atoms with E-state index in [-0.39, 0.29) is 23.0 Å². The van der Waals surface area contributed by atoms with Crippen LogP contribution in [0.2, 0.25) is 5.22 Å². The summed E-state index contributed by atoms with van der Waals surface area (Å²) >= 11 is 5.77. The van der Waals surface area contributed by atoms with Crippen molar-refractivity contribution in [3.05, 3.63) is 23.1 Å². The van der Waals surface area contributed by atoms with Crippen molar-refractivity contribution in [3.8, 4) is 0 Å². The molecule has 5 nitrogen and oxygen atoms in total. The van der Waals surface area contributed by atoms with Crippen molar-refractivity contribution in [3.63, 3.8) is 0 Å². The minimum Gasteiger partial charge on any atom is -0.469 e. The lowest BCUT2D eigenvalue weighted by atomic mass is 9.97. The van der Waals surface area contributed by atoms with Crippen LogP contribution in [0.4, 0.5) is 0 Å². The predicted molar refractivity (Wildman–Crippen MR) is 64.4 cm³/mol. The number of amides is 1. The molecule has 1 aromatic rings. The average Bonchev–Trinajstić information content (AvgIpc) is 2.83. The molecule has 0 radical (unpaired) electrons. The summed E-state index contributed by atoms with van der Waals surface area (Å²) in [4.78, 5) is 25.1. The van der Waals surface area contributed by atoms with Gasteiger partial charge in [0.15, 0.2) is 0 Å². The Morgan fingerprint density at radius 2 is 2.11 bits per heavy atom. The van der Waals surface area contributed by atoms with Gasteiger partial charge in [-0.25, -0.2) is 0 Å². The summed E-state index contributed by atoms with van der Waals surface area (Å²) in [6.07, 6.45) is 2.62. The third-order valence-electron chi connectivity index (χ3n) is 3.17. The molecule has 0 atom stereocenters. The van der Waals surface area contributed by atoms with Gasteiger partial charge >= 0.3 is 5.97 Å². The highest BCUT2D eigenvalue weighted by molar-refractivity contribution is 6.32. The van der Waals surface area contributed by atoms with Crippen molar-refractivity contribution in [2.75, 3.05) is 20.2 Å². The molecular formula is C12H14ClNO4. The second-order valence-corrected chi connectivity index (χ2v) is 4.54. The zero-order valence-electron chi connectivity index (χ0n) is 10.0. The van der Waals surface area contributed by atoms with E-state index in [1.807, 2.05) is 0 Å². The lowest BCUT2D eigenvalue weighted by Gasteiger charge is -2.30. The Hall–Kier alpha value is -1.49. The van der Waals surface area contributed by atoms with E-state index in [9.17, 15) is 9.59 Å². The first kappa shape index (κ1) is 13.0. The van der Waals surface area contributed by atoms with Crippen LogP contribution in [0.15, 0.2) is 16.7 Å². The number of likely N-dealkylation sites (tertiary alicyclic amines) is 1. The molecule has 1 aliphatic rings. The smallest absolute Gasteiger partial charge is 0.308 e. The van der Waals surface area contributed by atoms with Crippen molar-refractivity contribution < 1.29 is 18.7 Å². The summed E-state index contributed by atoms with van der Waals surface area (Å²) in [7, 11) is 1.38. The van der Waals surface area contributed by atoms with Crippen LogP contribution < -0.4 is 0 Å². The molecule has 2 heterocycles. The first-order valence-corrected chi connectivity index (χ1v) is 6.11. The number of hydrogen-bond donors (Lipinski definition) is 0. The van der Waals surface area contributed by atoms with Gasteiger partial charge in [0.05, 0.1) is 24.9 Å². The summed E-state index contributed by atoms with van der Waals surface area (Å²) in [6.45, 7) is 1.06. The van der Waals surface area contributed by atoms with Gasteiger partial charge in [0.2, 0.25) is 5.22 Å². The largest absolute Gasteiger partial charge is 0.469 e. The summed E-state index contributed by atoms with van der Waals surface area (Å²) in [5, 5.41) is 0.107. The molecule has 0 N–H and O–H groups in total. The summed E-state index contributed by atoms with van der Waals surface area (Å²) < 4.78 is 9.60. The van der Waals surface area contributed by atoms with Crippen LogP contribution in [0.1, 0.15) is 23.2 Å². The number of piperidine rings is 1. The molecule has 1 fully saturated rings. The fourth-order valence-corrected chi connectivity index (χ4v) is 2.30. The number of carbonyl (C=O) groups excluding carboxylic acids is 2. The predicted octanol–water partition coefficient (Wildman–Crippen LogP) is 1.96. The Bertz CT molecular complexity index is 449. The molecule has 2 rings (SSSR count). The van der Waals surface area contributed by atoms with Gasteiger partial charge in [0, 0.05) is 13.1 Å². The first-order chi connectivity index (χ1) is 8.63. The van der Waals surface area contributed by atoms with Crippen molar-refractivity contribution in [2.45, 2.75) is 12.8 Å². The summed E-state index contributed by atoms with van der Waals surface area (Å²) in [5.41, 5.74) is 0.369. The molecule has 0 saturated carbocycles. The molecule has 0 spiro atoms. The number of methoxy groups -OCH3 is 1. The maximum absolute atomic E-state index is 12.1. The molecule has 1 amide bonds. The van der Waals surface area contributed by atoms with E-state index in [1.165, 1.54) is 13.4 Å². The highest BCUT2D eigenvalue weighted by atomic mass is 35.5. The molecule has 0 aliphatic carbocycles. The fraction of sp³-hybridized carbons (Fsp3) is 0.500. The quantitative estimate of drug-likeness (QED) is 0.772. The number of nitrogens with zero attached hydrogens (tertiary/aromatic N) is 1. The highest BCUT2D eigenvalue weighted by Gasteiger charge is 2.29. The van der Waals surface area contributed by atoms with E-state index >= 15 is 0 Å². The number of rotatable bonds is 2. The normalized spacial score (nSPS) is 16.7. The van der Waals surface area contributed by atoms with Crippen LogP contribution in [0.5, 0.6) is 0 Å². The highest BCUT2D eigenvalue weighted by Crippen LogP contribution is 2.23. The molecule has 98 valence electrons. The van der Waals surface area contributed by atoms with Gasteiger partial charge in [-0.05, 0) is 30.5 Å². The van der Waals surface area contributed by atoms with E-state index in [1.54, 1.807) is 11.0 Å². The maximum Gasteiger partial charge on any atom is 0.308 e. The number of ether oxygens (including phenoxy) is 1. The minimum absolute atomic E-state index is 0.107. The summed E-state index contributed by atoms with van der Waals surface area (Å²) in [6, 6.07) is 1.55. The first-order valence-electron chi connectivity index (χ1n) is 5.73. The molecular weight excluding hydrogens is 258 g/mol. The Kier molecular flexibility index (Phi) is 3.91. The van der Waals surface area contributed by atoms with Crippen LogP contribution in [0.25, 0.3) is 0 Å². The number of carbonyl (C=O) groups is 2. The Labute approximate surface area is 110 Å². The Morgan fingerprint density at radius 3 is 2.61 bits per heavy atom. The lowest BCUT2D eigenvalue weighted by Crippen LogP contribution is -2.40. The third-order valence-corrected chi connectivity index (χ3v) is 3.46. The van der Waals surface area contributed by atoms with Crippen LogP contribution in [0, 0.1) is 5.92 Å². The molecule has 0 unspecified atom stereocenters. The van der Waals surface area contributed by atoms with E-state index < -0.39 is 0 Å². The van der Waals surface area contributed by atoms with Gasteiger partial charge in [-0.1, -0.05) is 0 Å². The second-order valence-electron chi connectivity index (χ2n) is 4.20. The van der Waals surface area contributed by atoms with E-state index in [0.29, 0.717) is 31.5 Å². The van der Waals surface area contributed by atoms with Gasteiger partial charge < -0.3 is 14.1 Å². The molecule has 0 aromatic carbocycles. The van der Waals surface area contributed by atoms with Crippen molar-refractivity contribution in [1.82, 2.24) is 4.90 Å². The average molecular weight is 272 g/mol. The molecule has 1 aliphatic heterocycles. The third kappa shape index (κ3) is 2.51. The van der Waals surface area contributed by atoms with Crippen molar-refractivity contribution >= 4 is 23.5 Å². The van der Waals surface area contributed by atoms with Crippen LogP contribution >= 0.6 is 11.6 Å². The van der Waals surface area contributed by atoms with Crippen LogP contribution in [-0.2, 0) is 9.53 Å². The zero-order valence-corrected chi connectivity index (χ0v) is 10.8. The lowest BCUT2D eigenvalue weighted by molar-refractivity contribution is -0.146. The van der Waals surface area contributed by atoms with Crippen LogP contribution in [0.3, 0.4) is 0 Å². The monoisotopic (exact) mass is 271 g/mol. The van der Waals surface area contributed by atoms with E-state index in [0.717, 1.165) is 0 Å². The number of hydrogen-bond acceptors (Lipinski definition) is 4. The fourth-order valence-electron chi connectivity index (χ4n) is 2.10. The zero-order chi connectivity index (χ0) is 13.1. The minimum atomic E-state index is -0.205. The van der Waals surface area contributed by atoms with Crippen molar-refractivity contribution in [2.24, 2.45) is 5.92 Å². The number of esters is 1. The molecule has 1 saturated heterocycles. The molecule has 0 bridgehead atoms. The van der Waals surface area contributed by atoms with Gasteiger partial charge in [-0.15, -0.1) is 0 Å². The Morgan fingerprint density at radius 1 is 1.44 bits per heavy atom. The summed E-state index contributed by atoms with van der Waals surface area (Å²) in [5.74, 6) is -0.473. The van der Waals surface area contributed by atoms with Gasteiger partial charge in [0.25, 0.3) is 5.91 Å². The second kappa shape index (κ2) is 5.44. The topological polar surface area (TPSA) is 59.8 Å². The van der Waals surface area contributed by atoms with Gasteiger partial charge in [-0.3, -0.25) is 9.59 Å². The molecule has 1 aromatic heterocycles. The standard InChI is InChI=1S/C12H14ClNO4/c1-17-12(16)8-2-5-14(6-3-8)11(15)9-4-7-18-10(9)13/h4,7-8H,2-3,5-6H2,1H3. The SMILES string of the molecule is COC(=O)C1CCN(C(=O)c2ccoc2Cl)CC1. The number of halogens is 1. The maximum atomic E-state index is 12.1. The van der Waals surface area contributed by atoms with Gasteiger partial charge in [-0.2, -0.15) is 0 Å². The van der Waals surface area contributed by atoms with E-state index in [2.05, 4.69) is 0 Å². The number of furan rings is 1. The van der Waals surface area contributed by atoms with Gasteiger partial charge in [0.1, 0.15) is 0 Å². The molecule has 6 heteroatoms.